The van der Waals surface area contributed by atoms with Crippen LogP contribution in [0.25, 0.3) is 5.82 Å². The highest BCUT2D eigenvalue weighted by atomic mass is 35.5. The van der Waals surface area contributed by atoms with Gasteiger partial charge >= 0.3 is 0 Å². The zero-order valence-corrected chi connectivity index (χ0v) is 18.7. The molecule has 4 rings (SSSR count). The Balaban J connectivity index is 1.58. The van der Waals surface area contributed by atoms with Crippen LogP contribution in [-0.2, 0) is 6.54 Å². The minimum atomic E-state index is -0.582. The second kappa shape index (κ2) is 9.96. The van der Waals surface area contributed by atoms with E-state index in [1.165, 1.54) is 42.3 Å². The molecule has 12 nitrogen and oxygen atoms in total. The molecule has 1 aliphatic rings. The van der Waals surface area contributed by atoms with Crippen molar-refractivity contribution in [2.24, 2.45) is 5.10 Å². The van der Waals surface area contributed by atoms with E-state index in [1.54, 1.807) is 6.07 Å². The van der Waals surface area contributed by atoms with Crippen LogP contribution in [-0.4, -0.2) is 60.5 Å². The Bertz CT molecular complexity index is 1150. The third kappa shape index (κ3) is 5.12. The van der Waals surface area contributed by atoms with Gasteiger partial charge in [-0.3, -0.25) is 9.69 Å². The fourth-order valence-electron chi connectivity index (χ4n) is 3.86. The highest BCUT2D eigenvalue weighted by Crippen LogP contribution is 2.25. The predicted molar refractivity (Wildman–Crippen MR) is 120 cm³/mol. The molecule has 0 bridgehead atoms. The number of nitrogens with two attached hydrogens (primary N) is 1. The molecular weight excluding hydrogens is 450 g/mol. The van der Waals surface area contributed by atoms with Gasteiger partial charge in [-0.1, -0.05) is 36.1 Å². The number of hydrogen-bond acceptors (Lipinski definition) is 10. The maximum atomic E-state index is 12.9. The topological polar surface area (TPSA) is 161 Å². The van der Waals surface area contributed by atoms with Crippen molar-refractivity contribution in [3.63, 3.8) is 0 Å². The third-order valence-corrected chi connectivity index (χ3v) is 5.87. The van der Waals surface area contributed by atoms with Crippen LogP contribution in [0.15, 0.2) is 27.9 Å². The number of carbonyl (C=O) groups is 1. The Morgan fingerprint density at radius 3 is 2.91 bits per heavy atom. The predicted octanol–water partition coefficient (Wildman–Crippen LogP) is 2.12. The Morgan fingerprint density at radius 2 is 2.18 bits per heavy atom. The maximum Gasteiger partial charge on any atom is 0.293 e. The number of phenols is 1. The first-order valence-corrected chi connectivity index (χ1v) is 10.9. The summed E-state index contributed by atoms with van der Waals surface area (Å²) in [6.07, 6.45) is 7.03. The van der Waals surface area contributed by atoms with Gasteiger partial charge in [-0.2, -0.15) is 9.78 Å². The van der Waals surface area contributed by atoms with Crippen LogP contribution in [0.5, 0.6) is 5.75 Å². The first kappa shape index (κ1) is 22.7. The highest BCUT2D eigenvalue weighted by Gasteiger charge is 2.27. The van der Waals surface area contributed by atoms with Crippen molar-refractivity contribution < 1.29 is 14.5 Å². The van der Waals surface area contributed by atoms with Gasteiger partial charge in [0.25, 0.3) is 5.91 Å². The lowest BCUT2D eigenvalue weighted by atomic mass is 9.94. The molecule has 13 heteroatoms. The Hall–Kier alpha value is -3.51. The molecule has 2 heterocycles. The SMILES string of the molecule is CN(Cc1c(C(=O)NN=Cc2cc(Cl)ccc2O)nnn1-c1nonc1N)C1CCCCC1. The number of nitrogens with one attached hydrogen (secondary N) is 1. The van der Waals surface area contributed by atoms with Gasteiger partial charge in [0.05, 0.1) is 11.9 Å². The van der Waals surface area contributed by atoms with Gasteiger partial charge in [-0.15, -0.1) is 5.10 Å². The van der Waals surface area contributed by atoms with Gasteiger partial charge in [0, 0.05) is 23.2 Å². The van der Waals surface area contributed by atoms with Crippen molar-refractivity contribution in [2.45, 2.75) is 44.7 Å². The lowest BCUT2D eigenvalue weighted by molar-refractivity contribution is 0.0947. The molecule has 174 valence electrons. The molecule has 0 aliphatic heterocycles. The summed E-state index contributed by atoms with van der Waals surface area (Å²) in [6.45, 7) is 0.380. The Morgan fingerprint density at radius 1 is 1.39 bits per heavy atom. The Labute approximate surface area is 194 Å². The standard InChI is InChI=1S/C20H24ClN9O3/c1-29(14-5-3-2-4-6-14)11-15-17(24-28-30(15)19-18(22)26-33-27-19)20(32)25-23-10-12-9-13(21)7-8-16(12)31/h7-10,14,31H,2-6,11H2,1H3,(H2,22,26)(H,25,32). The normalized spacial score (nSPS) is 14.9. The molecule has 1 amide bonds. The van der Waals surface area contributed by atoms with Crippen LogP contribution in [0, 0.1) is 0 Å². The molecule has 0 spiro atoms. The van der Waals surface area contributed by atoms with E-state index in [1.807, 2.05) is 7.05 Å². The van der Waals surface area contributed by atoms with Gasteiger partial charge < -0.3 is 10.8 Å². The Kier molecular flexibility index (Phi) is 6.84. The number of rotatable bonds is 7. The molecular formula is C20H24ClN9O3. The molecule has 1 saturated carbocycles. The van der Waals surface area contributed by atoms with Crippen LogP contribution >= 0.6 is 11.6 Å². The summed E-state index contributed by atoms with van der Waals surface area (Å²) >= 11 is 5.94. The smallest absolute Gasteiger partial charge is 0.293 e. The minimum absolute atomic E-state index is 0.0212. The van der Waals surface area contributed by atoms with E-state index in [-0.39, 0.29) is 23.1 Å². The van der Waals surface area contributed by atoms with Crippen molar-refractivity contribution in [1.82, 2.24) is 35.6 Å². The summed E-state index contributed by atoms with van der Waals surface area (Å²) < 4.78 is 6.05. The summed E-state index contributed by atoms with van der Waals surface area (Å²) in [5.74, 6) is -0.419. The first-order chi connectivity index (χ1) is 15.9. The van der Waals surface area contributed by atoms with Crippen molar-refractivity contribution in [3.8, 4) is 11.6 Å². The monoisotopic (exact) mass is 473 g/mol. The van der Waals surface area contributed by atoms with Crippen molar-refractivity contribution >= 4 is 29.5 Å². The zero-order valence-electron chi connectivity index (χ0n) is 18.0. The van der Waals surface area contributed by atoms with Gasteiger partial charge in [0.2, 0.25) is 11.6 Å². The zero-order chi connectivity index (χ0) is 23.4. The van der Waals surface area contributed by atoms with Crippen LogP contribution in [0.1, 0.15) is 53.8 Å². The second-order valence-corrected chi connectivity index (χ2v) is 8.32. The summed E-state index contributed by atoms with van der Waals surface area (Å²) in [4.78, 5) is 15.1. The third-order valence-electron chi connectivity index (χ3n) is 5.63. The number of nitrogen functional groups attached to an aromatic ring is 1. The average molecular weight is 474 g/mol. The summed E-state index contributed by atoms with van der Waals surface area (Å²) in [7, 11) is 2.00. The molecule has 0 atom stereocenters. The summed E-state index contributed by atoms with van der Waals surface area (Å²) in [5.41, 5.74) is 9.15. The molecule has 0 unspecified atom stereocenters. The molecule has 1 aliphatic carbocycles. The van der Waals surface area contributed by atoms with Crippen LogP contribution in [0.2, 0.25) is 5.02 Å². The van der Waals surface area contributed by atoms with E-state index >= 15 is 0 Å². The van der Waals surface area contributed by atoms with E-state index in [0.717, 1.165) is 12.8 Å². The van der Waals surface area contributed by atoms with E-state index in [0.29, 0.717) is 28.9 Å². The second-order valence-electron chi connectivity index (χ2n) is 7.88. The van der Waals surface area contributed by atoms with Crippen LogP contribution in [0.3, 0.4) is 0 Å². The summed E-state index contributed by atoms with van der Waals surface area (Å²) in [5, 5.41) is 29.7. The number of phenolic OH excluding ortho intramolecular Hbond substituents is 1. The van der Waals surface area contributed by atoms with E-state index in [2.05, 4.69) is 36.1 Å². The number of amides is 1. The fourth-order valence-corrected chi connectivity index (χ4v) is 4.04. The fraction of sp³-hybridized carbons (Fsp3) is 0.400. The van der Waals surface area contributed by atoms with Gasteiger partial charge in [0.1, 0.15) is 5.75 Å². The molecule has 4 N–H and O–H groups in total. The molecule has 33 heavy (non-hydrogen) atoms. The molecule has 1 fully saturated rings. The van der Waals surface area contributed by atoms with E-state index in [9.17, 15) is 9.90 Å². The van der Waals surface area contributed by atoms with Crippen molar-refractivity contribution in [3.05, 3.63) is 40.2 Å². The molecule has 1 aromatic carbocycles. The van der Waals surface area contributed by atoms with Gasteiger partial charge in [-0.05, 0) is 48.4 Å². The first-order valence-electron chi connectivity index (χ1n) is 10.5. The molecule has 0 radical (unpaired) electrons. The van der Waals surface area contributed by atoms with E-state index < -0.39 is 5.91 Å². The number of benzene rings is 1. The largest absolute Gasteiger partial charge is 0.507 e. The molecule has 3 aromatic rings. The number of halogens is 1. The number of carbonyl (C=O) groups excluding carboxylic acids is 1. The minimum Gasteiger partial charge on any atom is -0.507 e. The van der Waals surface area contributed by atoms with Crippen molar-refractivity contribution in [1.29, 1.82) is 0 Å². The van der Waals surface area contributed by atoms with Crippen molar-refractivity contribution in [2.75, 3.05) is 12.8 Å². The van der Waals surface area contributed by atoms with E-state index in [4.69, 9.17) is 22.0 Å². The summed E-state index contributed by atoms with van der Waals surface area (Å²) in [6, 6.07) is 4.89. The lowest BCUT2D eigenvalue weighted by Gasteiger charge is -2.31. The maximum absolute atomic E-state index is 12.9. The van der Waals surface area contributed by atoms with Gasteiger partial charge in [-0.25, -0.2) is 10.1 Å². The number of aromatic nitrogens is 5. The van der Waals surface area contributed by atoms with Crippen LogP contribution in [0.4, 0.5) is 5.82 Å². The number of hydrogen-bond donors (Lipinski definition) is 3. The number of hydrazone groups is 1. The number of nitrogens with zero attached hydrogens (tertiary/aromatic N) is 7. The van der Waals surface area contributed by atoms with Gasteiger partial charge in [0.15, 0.2) is 5.69 Å². The highest BCUT2D eigenvalue weighted by molar-refractivity contribution is 6.30. The lowest BCUT2D eigenvalue weighted by Crippen LogP contribution is -2.34. The average Bonchev–Trinajstić information content (AvgIpc) is 3.42. The van der Waals surface area contributed by atoms with Crippen LogP contribution < -0.4 is 11.2 Å². The quantitative estimate of drug-likeness (QED) is 0.344. The number of aromatic hydroxyl groups is 1. The molecule has 0 saturated heterocycles. The molecule has 2 aromatic heterocycles. The number of anilines is 1.